The molecule has 0 radical (unpaired) electrons. The molecule has 0 unspecified atom stereocenters. The van der Waals surface area contributed by atoms with Crippen molar-refractivity contribution in [1.82, 2.24) is 10.6 Å². The van der Waals surface area contributed by atoms with E-state index in [1.807, 2.05) is 58.9 Å². The number of guanidine groups is 1. The lowest BCUT2D eigenvalue weighted by atomic mass is 10.1. The van der Waals surface area contributed by atoms with Crippen molar-refractivity contribution in [2.24, 2.45) is 4.99 Å². The molecule has 0 atom stereocenters. The quantitative estimate of drug-likeness (QED) is 0.349. The van der Waals surface area contributed by atoms with Crippen molar-refractivity contribution in [1.29, 1.82) is 0 Å². The van der Waals surface area contributed by atoms with Crippen LogP contribution in [0.5, 0.6) is 0 Å². The zero-order valence-electron chi connectivity index (χ0n) is 17.2. The number of nitrogens with zero attached hydrogens (tertiary/aromatic N) is 1. The summed E-state index contributed by atoms with van der Waals surface area (Å²) in [6, 6.07) is 7.74. The van der Waals surface area contributed by atoms with E-state index in [2.05, 4.69) is 20.9 Å². The van der Waals surface area contributed by atoms with Gasteiger partial charge in [-0.25, -0.2) is 4.79 Å². The first kappa shape index (κ1) is 22.8. The largest absolute Gasteiger partial charge is 0.444 e. The van der Waals surface area contributed by atoms with E-state index in [4.69, 9.17) is 9.47 Å². The summed E-state index contributed by atoms with van der Waals surface area (Å²) in [6.07, 6.45) is 0.401. The number of amides is 1. The van der Waals surface area contributed by atoms with Gasteiger partial charge in [-0.2, -0.15) is 0 Å². The molecular weight excluding hydrogens is 344 g/mol. The predicted octanol–water partition coefficient (Wildman–Crippen LogP) is 3.17. The Hall–Kier alpha value is -2.28. The first-order valence-electron chi connectivity index (χ1n) is 9.53. The molecule has 27 heavy (non-hydrogen) atoms. The molecule has 1 amide bonds. The van der Waals surface area contributed by atoms with Crippen LogP contribution < -0.4 is 16.0 Å². The molecule has 0 aliphatic rings. The third-order valence-corrected chi connectivity index (χ3v) is 3.36. The van der Waals surface area contributed by atoms with Gasteiger partial charge in [0.15, 0.2) is 5.96 Å². The average molecular weight is 379 g/mol. The number of carbonyl (C=O) groups excluding carboxylic acids is 1. The highest BCUT2D eigenvalue weighted by atomic mass is 16.6. The highest BCUT2D eigenvalue weighted by Crippen LogP contribution is 2.13. The molecule has 3 N–H and O–H groups in total. The summed E-state index contributed by atoms with van der Waals surface area (Å²) in [5, 5.41) is 9.26. The Labute approximate surface area is 162 Å². The molecule has 0 aliphatic heterocycles. The van der Waals surface area contributed by atoms with Crippen LogP contribution in [0, 0.1) is 0 Å². The smallest absolute Gasteiger partial charge is 0.412 e. The number of benzene rings is 1. The summed E-state index contributed by atoms with van der Waals surface area (Å²) >= 11 is 0. The Bertz CT molecular complexity index is 580. The van der Waals surface area contributed by atoms with Gasteiger partial charge in [0.1, 0.15) is 5.60 Å². The van der Waals surface area contributed by atoms with Gasteiger partial charge >= 0.3 is 6.09 Å². The molecule has 7 heteroatoms. The van der Waals surface area contributed by atoms with Crippen LogP contribution in [-0.2, 0) is 15.9 Å². The van der Waals surface area contributed by atoms with Crippen LogP contribution in [0.2, 0.25) is 0 Å². The standard InChI is InChI=1S/C20H34N4O3/c1-6-21-18(23-14-15-26-7-2)22-13-12-16-8-10-17(11-9-16)24-19(25)27-20(3,4)5/h8-11H,6-7,12-15H2,1-5H3,(H,24,25)(H2,21,22,23). The number of ether oxygens (including phenoxy) is 2. The number of aliphatic imine (C=N–C) groups is 1. The van der Waals surface area contributed by atoms with Crippen molar-refractivity contribution >= 4 is 17.7 Å². The molecule has 0 heterocycles. The van der Waals surface area contributed by atoms with Crippen LogP contribution in [0.15, 0.2) is 29.3 Å². The highest BCUT2D eigenvalue weighted by molar-refractivity contribution is 5.84. The molecular formula is C20H34N4O3. The second kappa shape index (κ2) is 12.2. The molecule has 7 nitrogen and oxygen atoms in total. The topological polar surface area (TPSA) is 84.0 Å². The maximum atomic E-state index is 11.8. The van der Waals surface area contributed by atoms with Crippen LogP contribution in [0.4, 0.5) is 10.5 Å². The normalized spacial score (nSPS) is 11.8. The van der Waals surface area contributed by atoms with E-state index in [0.29, 0.717) is 25.4 Å². The van der Waals surface area contributed by atoms with Crippen molar-refractivity contribution < 1.29 is 14.3 Å². The Morgan fingerprint density at radius 1 is 1.11 bits per heavy atom. The van der Waals surface area contributed by atoms with E-state index in [1.165, 1.54) is 5.56 Å². The number of rotatable bonds is 9. The lowest BCUT2D eigenvalue weighted by Gasteiger charge is -2.19. The number of nitrogens with one attached hydrogen (secondary N) is 3. The van der Waals surface area contributed by atoms with Crippen molar-refractivity contribution in [3.8, 4) is 0 Å². The molecule has 0 aromatic heterocycles. The Kier molecular flexibility index (Phi) is 10.3. The van der Waals surface area contributed by atoms with Gasteiger partial charge in [-0.3, -0.25) is 10.3 Å². The molecule has 0 spiro atoms. The fourth-order valence-corrected chi connectivity index (χ4v) is 2.21. The molecule has 0 aliphatic carbocycles. The molecule has 1 rings (SSSR count). The lowest BCUT2D eigenvalue weighted by molar-refractivity contribution is 0.0636. The van der Waals surface area contributed by atoms with E-state index >= 15 is 0 Å². The summed E-state index contributed by atoms with van der Waals surface area (Å²) in [4.78, 5) is 16.2. The van der Waals surface area contributed by atoms with Crippen LogP contribution in [0.3, 0.4) is 0 Å². The summed E-state index contributed by atoms with van der Waals surface area (Å²) in [5.74, 6) is 0.792. The Morgan fingerprint density at radius 2 is 1.81 bits per heavy atom. The zero-order valence-corrected chi connectivity index (χ0v) is 17.2. The molecule has 1 aromatic rings. The predicted molar refractivity (Wildman–Crippen MR) is 110 cm³/mol. The fourth-order valence-electron chi connectivity index (χ4n) is 2.21. The second-order valence-electron chi connectivity index (χ2n) is 6.96. The van der Waals surface area contributed by atoms with Crippen molar-refractivity contribution in [3.63, 3.8) is 0 Å². The van der Waals surface area contributed by atoms with E-state index < -0.39 is 11.7 Å². The van der Waals surface area contributed by atoms with E-state index in [1.54, 1.807) is 0 Å². The van der Waals surface area contributed by atoms with Gasteiger partial charge in [0.25, 0.3) is 0 Å². The Balaban J connectivity index is 2.42. The first-order valence-corrected chi connectivity index (χ1v) is 9.53. The molecule has 152 valence electrons. The van der Waals surface area contributed by atoms with Crippen molar-refractivity contribution in [2.45, 2.75) is 46.6 Å². The van der Waals surface area contributed by atoms with Crippen LogP contribution in [0.25, 0.3) is 0 Å². The third-order valence-electron chi connectivity index (χ3n) is 3.36. The van der Waals surface area contributed by atoms with Crippen LogP contribution in [0.1, 0.15) is 40.2 Å². The van der Waals surface area contributed by atoms with Crippen molar-refractivity contribution in [2.75, 3.05) is 38.2 Å². The molecule has 0 saturated carbocycles. The van der Waals surface area contributed by atoms with Gasteiger partial charge in [-0.1, -0.05) is 12.1 Å². The first-order chi connectivity index (χ1) is 12.8. The lowest BCUT2D eigenvalue weighted by Crippen LogP contribution is -2.38. The fraction of sp³-hybridized carbons (Fsp3) is 0.600. The van der Waals surface area contributed by atoms with Crippen LogP contribution >= 0.6 is 0 Å². The summed E-state index contributed by atoms with van der Waals surface area (Å²) in [5.41, 5.74) is 1.37. The minimum absolute atomic E-state index is 0.449. The van der Waals surface area contributed by atoms with Gasteiger partial charge in [0.05, 0.1) is 13.2 Å². The highest BCUT2D eigenvalue weighted by Gasteiger charge is 2.16. The minimum Gasteiger partial charge on any atom is -0.444 e. The monoisotopic (exact) mass is 378 g/mol. The summed E-state index contributed by atoms with van der Waals surface area (Å²) in [7, 11) is 0. The average Bonchev–Trinajstić information content (AvgIpc) is 2.58. The Morgan fingerprint density at radius 3 is 2.41 bits per heavy atom. The van der Waals surface area contributed by atoms with Gasteiger partial charge in [0, 0.05) is 25.4 Å². The number of hydrogen-bond donors (Lipinski definition) is 3. The zero-order chi connectivity index (χ0) is 20.1. The van der Waals surface area contributed by atoms with Gasteiger partial charge in [0.2, 0.25) is 0 Å². The van der Waals surface area contributed by atoms with E-state index in [-0.39, 0.29) is 0 Å². The summed E-state index contributed by atoms with van der Waals surface area (Å²) < 4.78 is 10.5. The van der Waals surface area contributed by atoms with E-state index in [9.17, 15) is 4.79 Å². The van der Waals surface area contributed by atoms with Gasteiger partial charge < -0.3 is 20.1 Å². The number of hydrogen-bond acceptors (Lipinski definition) is 4. The number of anilines is 1. The van der Waals surface area contributed by atoms with Crippen molar-refractivity contribution in [3.05, 3.63) is 29.8 Å². The van der Waals surface area contributed by atoms with Gasteiger partial charge in [-0.05, 0) is 58.7 Å². The molecule has 1 aromatic carbocycles. The molecule has 0 fully saturated rings. The molecule has 0 bridgehead atoms. The van der Waals surface area contributed by atoms with E-state index in [0.717, 1.165) is 25.5 Å². The third kappa shape index (κ3) is 11.1. The van der Waals surface area contributed by atoms with Gasteiger partial charge in [-0.15, -0.1) is 0 Å². The minimum atomic E-state index is -0.510. The maximum Gasteiger partial charge on any atom is 0.412 e. The SMILES string of the molecule is CCNC(=NCCOCC)NCCc1ccc(NC(=O)OC(C)(C)C)cc1. The number of carbonyl (C=O) groups is 1. The van der Waals surface area contributed by atoms with Crippen LogP contribution in [-0.4, -0.2) is 50.5 Å². The second-order valence-corrected chi connectivity index (χ2v) is 6.96. The molecule has 0 saturated heterocycles. The maximum absolute atomic E-state index is 11.8. The summed E-state index contributed by atoms with van der Waals surface area (Å²) in [6.45, 7) is 13.1.